The molecule has 6 N–H and O–H groups in total. The number of carboxylic acid groups (broad SMARTS) is 1. The largest absolute Gasteiger partial charge is 0.477 e. The smallest absolute Gasteiger partial charge is 0.353 e. The van der Waals surface area contributed by atoms with Gasteiger partial charge in [0.2, 0.25) is 5.91 Å². The second-order valence-corrected chi connectivity index (χ2v) is 5.78. The number of carbonyl (C=O) groups is 2. The molecule has 0 aliphatic carbocycles. The highest BCUT2D eigenvalue weighted by atomic mass is 32.2. The highest BCUT2D eigenvalue weighted by Crippen LogP contribution is 2.46. The van der Waals surface area contributed by atoms with Gasteiger partial charge in [0.15, 0.2) is 0 Å². The van der Waals surface area contributed by atoms with Crippen molar-refractivity contribution in [3.63, 3.8) is 0 Å². The molecule has 0 spiro atoms. The summed E-state index contributed by atoms with van der Waals surface area (Å²) in [5.74, 6) is -1.64. The summed E-state index contributed by atoms with van der Waals surface area (Å²) < 4.78 is 0. The van der Waals surface area contributed by atoms with Crippen molar-refractivity contribution in [2.45, 2.75) is 25.1 Å². The van der Waals surface area contributed by atoms with E-state index in [1.807, 2.05) is 0 Å². The van der Waals surface area contributed by atoms with Crippen LogP contribution >= 0.6 is 11.8 Å². The molecule has 8 heteroatoms. The van der Waals surface area contributed by atoms with Crippen molar-refractivity contribution in [3.05, 3.63) is 10.6 Å². The number of amides is 1. The molecule has 7 nitrogen and oxygen atoms in total. The van der Waals surface area contributed by atoms with E-state index >= 15 is 0 Å². The zero-order chi connectivity index (χ0) is 14.3. The summed E-state index contributed by atoms with van der Waals surface area (Å²) in [6.07, 6.45) is -0.839. The molecule has 1 amide bonds. The first-order chi connectivity index (χ1) is 8.91. The number of carboxylic acids is 1. The van der Waals surface area contributed by atoms with Crippen LogP contribution in [0.3, 0.4) is 0 Å². The molecule has 2 aliphatic rings. The van der Waals surface area contributed by atoms with Crippen LogP contribution in [0.4, 0.5) is 0 Å². The summed E-state index contributed by atoms with van der Waals surface area (Å²) in [5, 5.41) is 18.8. The van der Waals surface area contributed by atoms with Gasteiger partial charge in [0.05, 0.1) is 24.1 Å². The van der Waals surface area contributed by atoms with Gasteiger partial charge in [-0.3, -0.25) is 9.69 Å². The fourth-order valence-corrected chi connectivity index (χ4v) is 3.63. The lowest BCUT2D eigenvalue weighted by Gasteiger charge is -2.46. The number of nitrogens with two attached hydrogens (primary N) is 2. The van der Waals surface area contributed by atoms with Gasteiger partial charge in [0, 0.05) is 17.2 Å². The molecule has 2 heterocycles. The van der Waals surface area contributed by atoms with E-state index in [2.05, 4.69) is 0 Å². The number of hydrogen-bond acceptors (Lipinski definition) is 6. The van der Waals surface area contributed by atoms with Crippen molar-refractivity contribution in [2.24, 2.45) is 17.4 Å². The van der Waals surface area contributed by atoms with Gasteiger partial charge in [-0.1, -0.05) is 0 Å². The first kappa shape index (κ1) is 14.3. The van der Waals surface area contributed by atoms with Crippen LogP contribution in [0.2, 0.25) is 0 Å². The molecule has 19 heavy (non-hydrogen) atoms. The molecule has 2 unspecified atom stereocenters. The van der Waals surface area contributed by atoms with E-state index < -0.39 is 30.1 Å². The average molecular weight is 287 g/mol. The maximum Gasteiger partial charge on any atom is 0.353 e. The number of thioether (sulfide) groups is 1. The second-order valence-electron chi connectivity index (χ2n) is 4.65. The Balaban J connectivity index is 2.32. The number of rotatable bonds is 5. The van der Waals surface area contributed by atoms with Crippen LogP contribution in [0.1, 0.15) is 6.92 Å². The van der Waals surface area contributed by atoms with E-state index in [9.17, 15) is 19.8 Å². The number of aliphatic hydroxyl groups excluding tert-OH is 1. The molecule has 4 atom stereocenters. The van der Waals surface area contributed by atoms with E-state index in [-0.39, 0.29) is 11.6 Å². The lowest BCUT2D eigenvalue weighted by atomic mass is 9.81. The summed E-state index contributed by atoms with van der Waals surface area (Å²) in [4.78, 5) is 24.9. The molecule has 0 bridgehead atoms. The Kier molecular flexibility index (Phi) is 3.86. The van der Waals surface area contributed by atoms with Crippen LogP contribution in [0.25, 0.3) is 0 Å². The zero-order valence-corrected chi connectivity index (χ0v) is 11.3. The van der Waals surface area contributed by atoms with E-state index in [0.29, 0.717) is 17.2 Å². The van der Waals surface area contributed by atoms with Gasteiger partial charge in [0.1, 0.15) is 5.70 Å². The molecular formula is C11H17N3O4S. The number of hydrogen-bond donors (Lipinski definition) is 4. The molecule has 0 aromatic heterocycles. The van der Waals surface area contributed by atoms with Gasteiger partial charge in [-0.25, -0.2) is 4.79 Å². The maximum atomic E-state index is 11.9. The minimum absolute atomic E-state index is 0.0575. The Morgan fingerprint density at radius 2 is 2.21 bits per heavy atom. The summed E-state index contributed by atoms with van der Waals surface area (Å²) in [6, 6.07) is -1.03. The van der Waals surface area contributed by atoms with Crippen molar-refractivity contribution in [2.75, 3.05) is 12.3 Å². The van der Waals surface area contributed by atoms with Crippen LogP contribution in [0.5, 0.6) is 0 Å². The number of aliphatic hydroxyl groups is 1. The van der Waals surface area contributed by atoms with E-state index in [4.69, 9.17) is 11.5 Å². The first-order valence-electron chi connectivity index (χ1n) is 5.98. The Morgan fingerprint density at radius 1 is 1.58 bits per heavy atom. The molecule has 0 aromatic carbocycles. The zero-order valence-electron chi connectivity index (χ0n) is 10.4. The number of β-lactam (4-membered cyclic amide) rings is 1. The lowest BCUT2D eigenvalue weighted by Crippen LogP contribution is -2.66. The van der Waals surface area contributed by atoms with Gasteiger partial charge < -0.3 is 21.7 Å². The molecule has 1 fully saturated rings. The number of carbonyl (C=O) groups excluding carboxylic acids is 1. The quantitative estimate of drug-likeness (QED) is 0.454. The van der Waals surface area contributed by atoms with Gasteiger partial charge in [-0.2, -0.15) is 0 Å². The average Bonchev–Trinajstić information content (AvgIpc) is 2.56. The molecule has 1 saturated heterocycles. The van der Waals surface area contributed by atoms with Crippen LogP contribution < -0.4 is 11.5 Å². The van der Waals surface area contributed by atoms with E-state index in [0.717, 1.165) is 0 Å². The summed E-state index contributed by atoms with van der Waals surface area (Å²) in [7, 11) is 0. The topological polar surface area (TPSA) is 130 Å². The number of nitrogens with zero attached hydrogens (tertiary/aromatic N) is 1. The highest BCUT2D eigenvalue weighted by Gasteiger charge is 2.60. The Labute approximate surface area is 114 Å². The third-order valence-corrected chi connectivity index (χ3v) is 4.65. The Bertz CT molecular complexity index is 451. The van der Waals surface area contributed by atoms with E-state index in [1.165, 1.54) is 23.6 Å². The number of fused-ring (bicyclic) bond motifs is 1. The summed E-state index contributed by atoms with van der Waals surface area (Å²) in [6.45, 7) is 1.91. The monoisotopic (exact) mass is 287 g/mol. The molecule has 2 rings (SSSR count). The van der Waals surface area contributed by atoms with Gasteiger partial charge in [-0.05, 0) is 6.92 Å². The van der Waals surface area contributed by atoms with Crippen LogP contribution in [0, 0.1) is 5.92 Å². The summed E-state index contributed by atoms with van der Waals surface area (Å²) >= 11 is 1.27. The Morgan fingerprint density at radius 3 is 2.68 bits per heavy atom. The molecule has 2 aliphatic heterocycles. The third-order valence-electron chi connectivity index (χ3n) is 3.43. The second kappa shape index (κ2) is 5.12. The van der Waals surface area contributed by atoms with E-state index in [1.54, 1.807) is 0 Å². The molecule has 106 valence electrons. The number of aliphatic carboxylic acids is 1. The van der Waals surface area contributed by atoms with Crippen LogP contribution in [-0.4, -0.2) is 57.5 Å². The van der Waals surface area contributed by atoms with Gasteiger partial charge >= 0.3 is 5.97 Å². The normalized spacial score (nSPS) is 31.3. The van der Waals surface area contributed by atoms with Crippen molar-refractivity contribution >= 4 is 23.6 Å². The maximum absolute atomic E-state index is 11.9. The predicted octanol–water partition coefficient (Wildman–Crippen LogP) is -1.48. The molecule has 0 radical (unpaired) electrons. The fourth-order valence-electron chi connectivity index (χ4n) is 2.64. The van der Waals surface area contributed by atoms with Crippen LogP contribution in [0.15, 0.2) is 10.6 Å². The van der Waals surface area contributed by atoms with Gasteiger partial charge in [-0.15, -0.1) is 11.8 Å². The summed E-state index contributed by atoms with van der Waals surface area (Å²) in [5.41, 5.74) is 11.4. The van der Waals surface area contributed by atoms with Crippen molar-refractivity contribution in [1.82, 2.24) is 4.90 Å². The minimum atomic E-state index is -1.17. The van der Waals surface area contributed by atoms with Crippen LogP contribution in [-0.2, 0) is 9.59 Å². The molecule has 0 saturated carbocycles. The fraction of sp³-hybridized carbons (Fsp3) is 0.636. The van der Waals surface area contributed by atoms with Crippen molar-refractivity contribution in [1.29, 1.82) is 0 Å². The SMILES string of the molecule is CC(O)[C@H]1C(=O)N2C(C(=O)O)=C(SCCN)[C@H](N)C12. The molecule has 0 aromatic rings. The predicted molar refractivity (Wildman–Crippen MR) is 70.0 cm³/mol. The molecular weight excluding hydrogens is 270 g/mol. The lowest BCUT2D eigenvalue weighted by molar-refractivity contribution is -0.161. The third kappa shape index (κ3) is 2.04. The van der Waals surface area contributed by atoms with Gasteiger partial charge in [0.25, 0.3) is 0 Å². The van der Waals surface area contributed by atoms with Crippen molar-refractivity contribution < 1.29 is 19.8 Å². The highest BCUT2D eigenvalue weighted by molar-refractivity contribution is 8.03. The van der Waals surface area contributed by atoms with Crippen molar-refractivity contribution in [3.8, 4) is 0 Å². The Hall–Kier alpha value is -1.09. The minimum Gasteiger partial charge on any atom is -0.477 e. The standard InChI is InChI=1S/C11H17N3O4S/c1-4(15)5-7-6(13)9(19-3-2-12)8(11(17)18)14(7)10(5)16/h4-7,15H,2-3,12-13H2,1H3,(H,17,18)/t4?,5-,6-,7?/m1/s1. The first-order valence-corrected chi connectivity index (χ1v) is 6.97.